The van der Waals surface area contributed by atoms with E-state index < -0.39 is 42.7 Å². The summed E-state index contributed by atoms with van der Waals surface area (Å²) in [7, 11) is 0. The summed E-state index contributed by atoms with van der Waals surface area (Å²) < 4.78 is 37.4. The summed E-state index contributed by atoms with van der Waals surface area (Å²) >= 11 is 0. The van der Waals surface area contributed by atoms with Crippen LogP contribution in [0.2, 0.25) is 0 Å². The number of aliphatic carboxylic acids is 1. The number of benzene rings is 1. The minimum atomic E-state index is -4.51. The van der Waals surface area contributed by atoms with Crippen molar-refractivity contribution in [2.75, 3.05) is 6.61 Å². The molecule has 110 valence electrons. The molecule has 1 amide bonds. The minimum Gasteiger partial charge on any atom is -0.480 e. The van der Waals surface area contributed by atoms with Gasteiger partial charge in [0.2, 0.25) is 5.91 Å². The molecule has 0 heterocycles. The van der Waals surface area contributed by atoms with E-state index in [0.29, 0.717) is 0 Å². The topological polar surface area (TPSA) is 86.6 Å². The van der Waals surface area contributed by atoms with Gasteiger partial charge in [-0.3, -0.25) is 4.79 Å². The molecule has 5 nitrogen and oxygen atoms in total. The van der Waals surface area contributed by atoms with Gasteiger partial charge in [-0.05, 0) is 11.6 Å². The molecule has 0 aromatic heterocycles. The van der Waals surface area contributed by atoms with E-state index in [1.54, 1.807) is 0 Å². The van der Waals surface area contributed by atoms with E-state index in [2.05, 4.69) is 0 Å². The maximum Gasteiger partial charge on any atom is 0.416 e. The van der Waals surface area contributed by atoms with Gasteiger partial charge in [0.1, 0.15) is 6.04 Å². The molecular weight excluding hydrogens is 279 g/mol. The number of nitrogens with one attached hydrogen (secondary N) is 1. The zero-order chi connectivity index (χ0) is 15.3. The van der Waals surface area contributed by atoms with Crippen molar-refractivity contribution in [2.24, 2.45) is 0 Å². The van der Waals surface area contributed by atoms with E-state index in [9.17, 15) is 22.8 Å². The third kappa shape index (κ3) is 4.54. The number of aliphatic hydroxyl groups is 1. The molecule has 1 rings (SSSR count). The lowest BCUT2D eigenvalue weighted by Gasteiger charge is -2.12. The Kier molecular flexibility index (Phi) is 5.09. The number of amides is 1. The highest BCUT2D eigenvalue weighted by Crippen LogP contribution is 2.29. The van der Waals surface area contributed by atoms with Gasteiger partial charge in [-0.15, -0.1) is 0 Å². The Hall–Kier alpha value is -2.09. The van der Waals surface area contributed by atoms with Crippen molar-refractivity contribution >= 4 is 11.9 Å². The molecule has 1 aromatic rings. The maximum absolute atomic E-state index is 12.5. The molecule has 20 heavy (non-hydrogen) atoms. The fourth-order valence-electron chi connectivity index (χ4n) is 1.47. The molecule has 0 aliphatic carbocycles. The predicted molar refractivity (Wildman–Crippen MR) is 61.8 cm³/mol. The van der Waals surface area contributed by atoms with E-state index in [0.717, 1.165) is 18.2 Å². The number of hydrogen-bond donors (Lipinski definition) is 3. The minimum absolute atomic E-state index is 0.0967. The van der Waals surface area contributed by atoms with Crippen LogP contribution in [0.5, 0.6) is 0 Å². The second-order valence-corrected chi connectivity index (χ2v) is 4.02. The molecule has 0 saturated carbocycles. The van der Waals surface area contributed by atoms with Crippen LogP contribution < -0.4 is 5.32 Å². The number of hydrogen-bond acceptors (Lipinski definition) is 3. The van der Waals surface area contributed by atoms with E-state index >= 15 is 0 Å². The van der Waals surface area contributed by atoms with Crippen LogP contribution in [-0.2, 0) is 22.2 Å². The van der Waals surface area contributed by atoms with Crippen LogP contribution in [0, 0.1) is 0 Å². The summed E-state index contributed by atoms with van der Waals surface area (Å²) in [6.07, 6.45) is -4.92. The first-order valence-corrected chi connectivity index (χ1v) is 5.53. The van der Waals surface area contributed by atoms with Gasteiger partial charge in [-0.2, -0.15) is 13.2 Å². The Morgan fingerprint density at radius 2 is 1.95 bits per heavy atom. The average Bonchev–Trinajstić information content (AvgIpc) is 2.34. The third-order valence-corrected chi connectivity index (χ3v) is 2.43. The first-order chi connectivity index (χ1) is 9.24. The summed E-state index contributed by atoms with van der Waals surface area (Å²) in [5.41, 5.74) is -0.792. The lowest BCUT2D eigenvalue weighted by Crippen LogP contribution is -2.43. The van der Waals surface area contributed by atoms with Crippen molar-refractivity contribution in [3.05, 3.63) is 35.4 Å². The predicted octanol–water partition coefficient (Wildman–Crippen LogP) is 0.810. The van der Waals surface area contributed by atoms with Crippen molar-refractivity contribution in [1.82, 2.24) is 5.32 Å². The Bertz CT molecular complexity index is 502. The Morgan fingerprint density at radius 1 is 1.30 bits per heavy atom. The average molecular weight is 291 g/mol. The molecule has 1 aromatic carbocycles. The van der Waals surface area contributed by atoms with Gasteiger partial charge in [0.15, 0.2) is 0 Å². The molecule has 8 heteroatoms. The zero-order valence-corrected chi connectivity index (χ0v) is 10.1. The number of carboxylic acid groups (broad SMARTS) is 1. The van der Waals surface area contributed by atoms with Gasteiger partial charge in [0.05, 0.1) is 18.6 Å². The molecule has 0 spiro atoms. The molecule has 0 radical (unpaired) electrons. The highest BCUT2D eigenvalue weighted by molar-refractivity contribution is 5.84. The van der Waals surface area contributed by atoms with Crippen LogP contribution in [-0.4, -0.2) is 34.7 Å². The van der Waals surface area contributed by atoms with Gasteiger partial charge in [0, 0.05) is 0 Å². The summed E-state index contributed by atoms with van der Waals surface area (Å²) in [5, 5.41) is 19.3. The highest BCUT2D eigenvalue weighted by Gasteiger charge is 2.30. The van der Waals surface area contributed by atoms with Crippen molar-refractivity contribution in [1.29, 1.82) is 0 Å². The van der Waals surface area contributed by atoms with Crippen molar-refractivity contribution < 1.29 is 33.0 Å². The number of alkyl halides is 3. The molecule has 0 bridgehead atoms. The van der Waals surface area contributed by atoms with Crippen molar-refractivity contribution in [2.45, 2.75) is 18.6 Å². The number of carboxylic acids is 1. The van der Waals surface area contributed by atoms with Crippen LogP contribution in [0.3, 0.4) is 0 Å². The van der Waals surface area contributed by atoms with Crippen LogP contribution in [0.15, 0.2) is 24.3 Å². The third-order valence-electron chi connectivity index (χ3n) is 2.43. The highest BCUT2D eigenvalue weighted by atomic mass is 19.4. The maximum atomic E-state index is 12.5. The van der Waals surface area contributed by atoms with E-state index in [1.807, 2.05) is 5.32 Å². The first kappa shape index (κ1) is 16.0. The normalized spacial score (nSPS) is 12.8. The Morgan fingerprint density at radius 3 is 2.45 bits per heavy atom. The number of rotatable bonds is 5. The fraction of sp³-hybridized carbons (Fsp3) is 0.333. The molecule has 0 saturated heterocycles. The number of carbonyl (C=O) groups is 2. The number of aliphatic hydroxyl groups excluding tert-OH is 1. The van der Waals surface area contributed by atoms with Crippen LogP contribution in [0.25, 0.3) is 0 Å². The van der Waals surface area contributed by atoms with Crippen LogP contribution in [0.1, 0.15) is 11.1 Å². The molecule has 0 aliphatic heterocycles. The summed E-state index contributed by atoms with van der Waals surface area (Å²) in [6, 6.07) is 2.69. The van der Waals surface area contributed by atoms with Crippen molar-refractivity contribution in [3.63, 3.8) is 0 Å². The molecule has 0 unspecified atom stereocenters. The van der Waals surface area contributed by atoms with Crippen LogP contribution in [0.4, 0.5) is 13.2 Å². The Labute approximate surface area is 112 Å². The zero-order valence-electron chi connectivity index (χ0n) is 10.1. The number of carbonyl (C=O) groups excluding carboxylic acids is 1. The van der Waals surface area contributed by atoms with Gasteiger partial charge >= 0.3 is 12.1 Å². The molecule has 3 N–H and O–H groups in total. The SMILES string of the molecule is O=C(Cc1cccc(C(F)(F)F)c1)N[C@@H](CO)C(=O)O. The van der Waals surface area contributed by atoms with Gasteiger partial charge < -0.3 is 15.5 Å². The summed E-state index contributed by atoms with van der Waals surface area (Å²) in [4.78, 5) is 22.1. The van der Waals surface area contributed by atoms with E-state index in [4.69, 9.17) is 10.2 Å². The standard InChI is InChI=1S/C12H12F3NO4/c13-12(14,15)8-3-1-2-7(4-8)5-10(18)16-9(6-17)11(19)20/h1-4,9,17H,5-6H2,(H,16,18)(H,19,20)/t9-/m0/s1. The van der Waals surface area contributed by atoms with E-state index in [1.165, 1.54) is 6.07 Å². The number of halogens is 3. The van der Waals surface area contributed by atoms with Gasteiger partial charge in [0.25, 0.3) is 0 Å². The monoisotopic (exact) mass is 291 g/mol. The molecule has 1 atom stereocenters. The van der Waals surface area contributed by atoms with Gasteiger partial charge in [-0.25, -0.2) is 4.79 Å². The first-order valence-electron chi connectivity index (χ1n) is 5.53. The lowest BCUT2D eigenvalue weighted by atomic mass is 10.1. The second-order valence-electron chi connectivity index (χ2n) is 4.02. The molecule has 0 fully saturated rings. The quantitative estimate of drug-likeness (QED) is 0.749. The van der Waals surface area contributed by atoms with E-state index in [-0.39, 0.29) is 5.56 Å². The summed E-state index contributed by atoms with van der Waals surface area (Å²) in [5.74, 6) is -2.21. The summed E-state index contributed by atoms with van der Waals surface area (Å²) in [6.45, 7) is -0.802. The van der Waals surface area contributed by atoms with Crippen LogP contribution >= 0.6 is 0 Å². The van der Waals surface area contributed by atoms with Gasteiger partial charge in [-0.1, -0.05) is 18.2 Å². The van der Waals surface area contributed by atoms with Crippen molar-refractivity contribution in [3.8, 4) is 0 Å². The Balaban J connectivity index is 2.74. The second kappa shape index (κ2) is 6.38. The molecular formula is C12H12F3NO4. The largest absolute Gasteiger partial charge is 0.480 e. The lowest BCUT2D eigenvalue weighted by molar-refractivity contribution is -0.142. The molecule has 0 aliphatic rings. The fourth-order valence-corrected chi connectivity index (χ4v) is 1.47. The smallest absolute Gasteiger partial charge is 0.416 e.